The van der Waals surface area contributed by atoms with E-state index in [0.29, 0.717) is 16.0 Å². The first-order valence-electron chi connectivity index (χ1n) is 9.40. The Bertz CT molecular complexity index is 1210. The summed E-state index contributed by atoms with van der Waals surface area (Å²) < 4.78 is 26.8. The maximum Gasteiger partial charge on any atom is 0.322 e. The van der Waals surface area contributed by atoms with Crippen molar-refractivity contribution in [1.29, 1.82) is 0 Å². The number of aliphatic carboxylic acids is 1. The molecule has 1 aliphatic rings. The van der Waals surface area contributed by atoms with Gasteiger partial charge in [-0.05, 0) is 18.1 Å². The second-order valence-electron chi connectivity index (χ2n) is 6.98. The molecule has 0 fully saturated rings. The monoisotopic (exact) mass is 441 g/mol. The number of thiophene rings is 1. The molecule has 1 aliphatic heterocycles. The molecule has 30 heavy (non-hydrogen) atoms. The number of ketones is 1. The fraction of sp³-hybridized carbons (Fsp3) is 0.182. The van der Waals surface area contributed by atoms with Gasteiger partial charge >= 0.3 is 5.97 Å². The fourth-order valence-electron chi connectivity index (χ4n) is 3.56. The second kappa shape index (κ2) is 7.79. The maximum atomic E-state index is 12.9. The molecule has 4 rings (SSSR count). The average molecular weight is 442 g/mol. The lowest BCUT2D eigenvalue weighted by atomic mass is 10.0. The number of nitrogens with zero attached hydrogens (tertiary/aromatic N) is 1. The van der Waals surface area contributed by atoms with Crippen LogP contribution in [0.2, 0.25) is 0 Å². The average Bonchev–Trinajstić information content (AvgIpc) is 3.27. The summed E-state index contributed by atoms with van der Waals surface area (Å²) in [6.45, 7) is 1.72. The summed E-state index contributed by atoms with van der Waals surface area (Å²) in [7, 11) is -3.84. The molecule has 0 bridgehead atoms. The molecule has 1 N–H and O–H groups in total. The molecule has 2 aromatic carbocycles. The van der Waals surface area contributed by atoms with Gasteiger partial charge in [0.1, 0.15) is 6.04 Å². The lowest BCUT2D eigenvalue weighted by molar-refractivity contribution is -0.141. The Labute approximate surface area is 178 Å². The number of carbonyl (C=O) groups excluding carboxylic acids is 1. The van der Waals surface area contributed by atoms with Crippen LogP contribution in [0.25, 0.3) is 10.4 Å². The van der Waals surface area contributed by atoms with E-state index in [4.69, 9.17) is 0 Å². The summed E-state index contributed by atoms with van der Waals surface area (Å²) in [4.78, 5) is 25.5. The van der Waals surface area contributed by atoms with Crippen LogP contribution >= 0.6 is 11.3 Å². The van der Waals surface area contributed by atoms with Crippen LogP contribution in [0.5, 0.6) is 0 Å². The van der Waals surface area contributed by atoms with Gasteiger partial charge in [0.05, 0.1) is 11.4 Å². The number of carboxylic acids is 1. The molecule has 0 saturated heterocycles. The quantitative estimate of drug-likeness (QED) is 0.584. The molecule has 1 unspecified atom stereocenters. The fourth-order valence-corrected chi connectivity index (χ4v) is 6.96. The maximum absolute atomic E-state index is 12.9. The van der Waals surface area contributed by atoms with E-state index in [-0.39, 0.29) is 23.6 Å². The second-order valence-corrected chi connectivity index (χ2v) is 9.98. The molecule has 154 valence electrons. The van der Waals surface area contributed by atoms with Crippen LogP contribution in [0.15, 0.2) is 65.6 Å². The minimum Gasteiger partial charge on any atom is -0.480 e. The first kappa shape index (κ1) is 20.5. The van der Waals surface area contributed by atoms with Crippen molar-refractivity contribution < 1.29 is 23.1 Å². The summed E-state index contributed by atoms with van der Waals surface area (Å²) in [5.74, 6) is -1.22. The number of hydrogen-bond donors (Lipinski definition) is 1. The van der Waals surface area contributed by atoms with Gasteiger partial charge in [0.25, 0.3) is 0 Å². The third-order valence-corrected chi connectivity index (χ3v) is 8.36. The molecular formula is C22H19NO5S2. The van der Waals surface area contributed by atoms with Gasteiger partial charge in [-0.25, -0.2) is 8.42 Å². The highest BCUT2D eigenvalue weighted by Crippen LogP contribution is 2.42. The summed E-state index contributed by atoms with van der Waals surface area (Å²) >= 11 is 1.33. The summed E-state index contributed by atoms with van der Waals surface area (Å²) in [6.07, 6.45) is 0.202. The van der Waals surface area contributed by atoms with Gasteiger partial charge in [0.2, 0.25) is 10.0 Å². The van der Waals surface area contributed by atoms with Gasteiger partial charge in [0, 0.05) is 20.9 Å². The van der Waals surface area contributed by atoms with Crippen molar-refractivity contribution in [1.82, 2.24) is 4.31 Å². The first-order chi connectivity index (χ1) is 14.3. The Balaban J connectivity index is 1.60. The SMILES string of the molecule is CCC(C(=O)O)N1Cc2sc(-c3ccc(C(=O)c4ccccc4)cc3)cc2S1(=O)=O. The third kappa shape index (κ3) is 3.47. The number of rotatable bonds is 6. The van der Waals surface area contributed by atoms with Crippen LogP contribution in [0, 0.1) is 0 Å². The molecule has 0 saturated carbocycles. The zero-order valence-corrected chi connectivity index (χ0v) is 17.7. The molecule has 1 atom stereocenters. The first-order valence-corrected chi connectivity index (χ1v) is 11.7. The highest BCUT2D eigenvalue weighted by atomic mass is 32.2. The largest absolute Gasteiger partial charge is 0.480 e. The smallest absolute Gasteiger partial charge is 0.322 e. The van der Waals surface area contributed by atoms with E-state index in [2.05, 4.69) is 0 Å². The van der Waals surface area contributed by atoms with Gasteiger partial charge < -0.3 is 5.11 Å². The molecule has 0 amide bonds. The number of carbonyl (C=O) groups is 2. The van der Waals surface area contributed by atoms with Crippen molar-refractivity contribution in [3.05, 3.63) is 76.7 Å². The highest BCUT2D eigenvalue weighted by molar-refractivity contribution is 7.89. The Kier molecular flexibility index (Phi) is 5.31. The standard InChI is InChI=1S/C22H19NO5S2/c1-2-17(22(25)26)23-13-19-20(30(23,27)28)12-18(29-19)14-8-10-16(11-9-14)21(24)15-6-4-3-5-7-15/h3-12,17H,2,13H2,1H3,(H,25,26). The van der Waals surface area contributed by atoms with E-state index in [9.17, 15) is 23.1 Å². The van der Waals surface area contributed by atoms with E-state index < -0.39 is 22.0 Å². The van der Waals surface area contributed by atoms with Gasteiger partial charge in [-0.3, -0.25) is 9.59 Å². The number of carboxylic acid groups (broad SMARTS) is 1. The van der Waals surface area contributed by atoms with Crippen molar-refractivity contribution in [2.24, 2.45) is 0 Å². The highest BCUT2D eigenvalue weighted by Gasteiger charge is 2.43. The topological polar surface area (TPSA) is 91.8 Å². The number of fused-ring (bicyclic) bond motifs is 1. The lowest BCUT2D eigenvalue weighted by Crippen LogP contribution is -2.40. The number of hydrogen-bond acceptors (Lipinski definition) is 5. The Morgan fingerprint density at radius 2 is 1.70 bits per heavy atom. The molecule has 0 radical (unpaired) electrons. The number of sulfonamides is 1. The Morgan fingerprint density at radius 3 is 2.27 bits per heavy atom. The molecule has 8 heteroatoms. The van der Waals surface area contributed by atoms with Crippen molar-refractivity contribution in [2.45, 2.75) is 30.8 Å². The Morgan fingerprint density at radius 1 is 1.07 bits per heavy atom. The normalized spacial score (nSPS) is 16.2. The zero-order chi connectivity index (χ0) is 21.5. The van der Waals surface area contributed by atoms with E-state index in [1.807, 2.05) is 18.2 Å². The molecule has 1 aromatic heterocycles. The van der Waals surface area contributed by atoms with Crippen LogP contribution in [0.1, 0.15) is 34.1 Å². The predicted octanol–water partition coefficient (Wildman–Crippen LogP) is 4.01. The van der Waals surface area contributed by atoms with Crippen molar-refractivity contribution in [2.75, 3.05) is 0 Å². The summed E-state index contributed by atoms with van der Waals surface area (Å²) in [5.41, 5.74) is 1.97. The minimum absolute atomic E-state index is 0.0672. The van der Waals surface area contributed by atoms with Crippen LogP contribution in [0.3, 0.4) is 0 Å². The lowest BCUT2D eigenvalue weighted by Gasteiger charge is -2.21. The molecular weight excluding hydrogens is 422 g/mol. The molecule has 0 aliphatic carbocycles. The van der Waals surface area contributed by atoms with Crippen molar-refractivity contribution >= 4 is 33.1 Å². The van der Waals surface area contributed by atoms with Crippen molar-refractivity contribution in [3.8, 4) is 10.4 Å². The molecule has 3 aromatic rings. The van der Waals surface area contributed by atoms with E-state index in [1.165, 1.54) is 11.3 Å². The van der Waals surface area contributed by atoms with E-state index in [0.717, 1.165) is 14.7 Å². The predicted molar refractivity (Wildman–Crippen MR) is 114 cm³/mol. The zero-order valence-electron chi connectivity index (χ0n) is 16.1. The van der Waals surface area contributed by atoms with Crippen LogP contribution < -0.4 is 0 Å². The van der Waals surface area contributed by atoms with Crippen molar-refractivity contribution in [3.63, 3.8) is 0 Å². The van der Waals surface area contributed by atoms with Gasteiger partial charge in [-0.15, -0.1) is 11.3 Å². The molecule has 0 spiro atoms. The number of benzene rings is 2. The summed E-state index contributed by atoms with van der Waals surface area (Å²) in [6, 6.07) is 16.6. The van der Waals surface area contributed by atoms with Crippen LogP contribution in [0.4, 0.5) is 0 Å². The van der Waals surface area contributed by atoms with E-state index in [1.54, 1.807) is 49.4 Å². The van der Waals surface area contributed by atoms with Gasteiger partial charge in [0.15, 0.2) is 5.78 Å². The van der Waals surface area contributed by atoms with E-state index >= 15 is 0 Å². The van der Waals surface area contributed by atoms with Gasteiger partial charge in [-0.2, -0.15) is 4.31 Å². The molecule has 2 heterocycles. The van der Waals surface area contributed by atoms with Gasteiger partial charge in [-0.1, -0.05) is 61.5 Å². The van der Waals surface area contributed by atoms with Crippen LogP contribution in [-0.4, -0.2) is 35.6 Å². The van der Waals surface area contributed by atoms with Crippen LogP contribution in [-0.2, 0) is 21.4 Å². The Hall–Kier alpha value is -2.81. The summed E-state index contributed by atoms with van der Waals surface area (Å²) in [5, 5.41) is 9.34. The third-order valence-electron chi connectivity index (χ3n) is 5.14. The molecule has 6 nitrogen and oxygen atoms in total. The minimum atomic E-state index is -3.84.